The van der Waals surface area contributed by atoms with E-state index in [1.54, 1.807) is 0 Å². The van der Waals surface area contributed by atoms with Gasteiger partial charge in [-0.15, -0.1) is 0 Å². The number of carbonyl (C=O) groups is 3. The number of rotatable bonds is 47. The summed E-state index contributed by atoms with van der Waals surface area (Å²) in [5.41, 5.74) is 0. The molecule has 0 fully saturated rings. The van der Waals surface area contributed by atoms with E-state index in [1.165, 1.54) is 122 Å². The highest BCUT2D eigenvalue weighted by atomic mass is 16.6. The first-order valence-corrected chi connectivity index (χ1v) is 26.4. The summed E-state index contributed by atoms with van der Waals surface area (Å²) in [5, 5.41) is 0. The predicted octanol–water partition coefficient (Wildman–Crippen LogP) is 17.4. The first-order valence-electron chi connectivity index (χ1n) is 26.4. The van der Waals surface area contributed by atoms with Crippen molar-refractivity contribution in [1.82, 2.24) is 0 Å². The molecule has 0 N–H and O–H groups in total. The van der Waals surface area contributed by atoms with Crippen LogP contribution in [0.2, 0.25) is 0 Å². The molecule has 0 amide bonds. The molecule has 0 saturated heterocycles. The molecule has 0 heterocycles. The van der Waals surface area contributed by atoms with E-state index >= 15 is 0 Å². The van der Waals surface area contributed by atoms with Crippen LogP contribution < -0.4 is 0 Å². The SMILES string of the molecule is CC/C=C\C/C=C\C/C=C\C/C=C\C/C=C\CCCC(=O)OC[C@@H](COC(=O)CCCCCCC/C=C\CCCCCCCC)OC(=O)CCCCCCCCCCCCCCC. The molecule has 0 aliphatic carbocycles. The van der Waals surface area contributed by atoms with Gasteiger partial charge >= 0.3 is 17.9 Å². The summed E-state index contributed by atoms with van der Waals surface area (Å²) in [5.74, 6) is -0.959. The van der Waals surface area contributed by atoms with E-state index in [9.17, 15) is 14.4 Å². The third kappa shape index (κ3) is 49.7. The molecule has 0 aromatic carbocycles. The molecule has 0 spiro atoms. The maximum atomic E-state index is 12.8. The zero-order valence-electron chi connectivity index (χ0n) is 41.3. The van der Waals surface area contributed by atoms with Gasteiger partial charge in [-0.1, -0.05) is 222 Å². The lowest BCUT2D eigenvalue weighted by molar-refractivity contribution is -0.167. The standard InChI is InChI=1S/C57H98O6/c1-4-7-10-13-16-19-22-25-27-28-30-33-35-38-41-44-47-50-56(59)62-53-54(63-57(60)51-48-45-42-39-36-31-24-21-18-15-12-9-6-3)52-61-55(58)49-46-43-40-37-34-32-29-26-23-20-17-14-11-8-5-2/h7,10,16,19,25-27,29-30,33,38,41,54H,4-6,8-9,11-15,17-18,20-24,28,31-32,34-37,39-40,42-53H2,1-3H3/b10-7-,19-16-,27-25-,29-26-,33-30-,41-38-/t54-/m1/s1. The van der Waals surface area contributed by atoms with Crippen molar-refractivity contribution >= 4 is 17.9 Å². The quantitative estimate of drug-likeness (QED) is 0.0262. The highest BCUT2D eigenvalue weighted by Gasteiger charge is 2.19. The Morgan fingerprint density at radius 1 is 0.333 bits per heavy atom. The lowest BCUT2D eigenvalue weighted by atomic mass is 10.0. The maximum absolute atomic E-state index is 12.8. The molecule has 1 atom stereocenters. The van der Waals surface area contributed by atoms with Crippen molar-refractivity contribution in [2.75, 3.05) is 13.2 Å². The Bertz CT molecular complexity index is 1190. The molecule has 0 unspecified atom stereocenters. The van der Waals surface area contributed by atoms with Gasteiger partial charge in [0.25, 0.3) is 0 Å². The van der Waals surface area contributed by atoms with E-state index in [-0.39, 0.29) is 37.5 Å². The minimum Gasteiger partial charge on any atom is -0.462 e. The Balaban J connectivity index is 4.47. The molecule has 0 aromatic heterocycles. The lowest BCUT2D eigenvalue weighted by Gasteiger charge is -2.18. The van der Waals surface area contributed by atoms with Gasteiger partial charge in [0.15, 0.2) is 6.10 Å². The summed E-state index contributed by atoms with van der Waals surface area (Å²) in [6.07, 6.45) is 64.6. The second kappa shape index (κ2) is 51.5. The van der Waals surface area contributed by atoms with Crippen LogP contribution in [0.1, 0.15) is 252 Å². The lowest BCUT2D eigenvalue weighted by Crippen LogP contribution is -2.30. The summed E-state index contributed by atoms with van der Waals surface area (Å²) in [7, 11) is 0. The Hall–Kier alpha value is -3.15. The van der Waals surface area contributed by atoms with Crippen LogP contribution in [0.25, 0.3) is 0 Å². The van der Waals surface area contributed by atoms with Gasteiger partial charge in [-0.05, 0) is 83.5 Å². The van der Waals surface area contributed by atoms with Gasteiger partial charge in [-0.2, -0.15) is 0 Å². The molecule has 0 rings (SSSR count). The van der Waals surface area contributed by atoms with Crippen LogP contribution in [0.5, 0.6) is 0 Å². The smallest absolute Gasteiger partial charge is 0.306 e. The number of ether oxygens (including phenoxy) is 3. The summed E-state index contributed by atoms with van der Waals surface area (Å²) >= 11 is 0. The van der Waals surface area contributed by atoms with Crippen LogP contribution in [0.3, 0.4) is 0 Å². The van der Waals surface area contributed by atoms with Crippen molar-refractivity contribution in [3.8, 4) is 0 Å². The van der Waals surface area contributed by atoms with E-state index < -0.39 is 6.10 Å². The Morgan fingerprint density at radius 2 is 0.635 bits per heavy atom. The number of hydrogen-bond donors (Lipinski definition) is 0. The highest BCUT2D eigenvalue weighted by molar-refractivity contribution is 5.71. The second-order valence-corrected chi connectivity index (χ2v) is 17.4. The van der Waals surface area contributed by atoms with E-state index in [1.807, 2.05) is 0 Å². The Kier molecular flexibility index (Phi) is 48.9. The van der Waals surface area contributed by atoms with Gasteiger partial charge in [-0.3, -0.25) is 14.4 Å². The van der Waals surface area contributed by atoms with E-state index in [0.29, 0.717) is 19.3 Å². The molecular formula is C57H98O6. The molecule has 0 aliphatic heterocycles. The third-order valence-corrected chi connectivity index (χ3v) is 11.2. The Labute approximate surface area is 389 Å². The van der Waals surface area contributed by atoms with Crippen LogP contribution in [0, 0.1) is 0 Å². The third-order valence-electron chi connectivity index (χ3n) is 11.2. The fraction of sp³-hybridized carbons (Fsp3) is 0.737. The van der Waals surface area contributed by atoms with Crippen LogP contribution in [-0.2, 0) is 28.6 Å². The number of hydrogen-bond acceptors (Lipinski definition) is 6. The van der Waals surface area contributed by atoms with Gasteiger partial charge in [0.2, 0.25) is 0 Å². The number of allylic oxidation sites excluding steroid dienone is 12. The fourth-order valence-electron chi connectivity index (χ4n) is 7.24. The summed E-state index contributed by atoms with van der Waals surface area (Å²) in [6.45, 7) is 6.47. The van der Waals surface area contributed by atoms with Crippen molar-refractivity contribution in [2.24, 2.45) is 0 Å². The zero-order chi connectivity index (χ0) is 45.8. The molecule has 362 valence electrons. The fourth-order valence-corrected chi connectivity index (χ4v) is 7.24. The monoisotopic (exact) mass is 879 g/mol. The molecule has 0 aliphatic rings. The Morgan fingerprint density at radius 3 is 1.05 bits per heavy atom. The molecule has 0 radical (unpaired) electrons. The first-order chi connectivity index (χ1) is 31.0. The van der Waals surface area contributed by atoms with Crippen LogP contribution >= 0.6 is 0 Å². The van der Waals surface area contributed by atoms with Crippen LogP contribution in [0.15, 0.2) is 72.9 Å². The minimum absolute atomic E-state index is 0.0957. The maximum Gasteiger partial charge on any atom is 0.306 e. The van der Waals surface area contributed by atoms with Gasteiger partial charge in [0.1, 0.15) is 13.2 Å². The molecule has 0 saturated carbocycles. The molecular weight excluding hydrogens is 781 g/mol. The molecule has 63 heavy (non-hydrogen) atoms. The van der Waals surface area contributed by atoms with Gasteiger partial charge < -0.3 is 14.2 Å². The van der Waals surface area contributed by atoms with Crippen molar-refractivity contribution in [3.05, 3.63) is 72.9 Å². The zero-order valence-corrected chi connectivity index (χ0v) is 41.3. The number of carbonyl (C=O) groups excluding carboxylic acids is 3. The van der Waals surface area contributed by atoms with Crippen LogP contribution in [-0.4, -0.2) is 37.2 Å². The van der Waals surface area contributed by atoms with Crippen molar-refractivity contribution in [1.29, 1.82) is 0 Å². The van der Waals surface area contributed by atoms with Gasteiger partial charge in [0, 0.05) is 19.3 Å². The van der Waals surface area contributed by atoms with E-state index in [2.05, 4.69) is 93.7 Å². The van der Waals surface area contributed by atoms with E-state index in [4.69, 9.17) is 14.2 Å². The average molecular weight is 879 g/mol. The molecule has 0 bridgehead atoms. The predicted molar refractivity (Wildman–Crippen MR) is 270 cm³/mol. The topological polar surface area (TPSA) is 78.9 Å². The van der Waals surface area contributed by atoms with Crippen molar-refractivity contribution < 1.29 is 28.6 Å². The summed E-state index contributed by atoms with van der Waals surface area (Å²) < 4.78 is 16.8. The van der Waals surface area contributed by atoms with Crippen LogP contribution in [0.4, 0.5) is 0 Å². The number of unbranched alkanes of at least 4 members (excludes halogenated alkanes) is 24. The first kappa shape index (κ1) is 59.9. The molecule has 6 heteroatoms. The normalized spacial score (nSPS) is 12.6. The largest absolute Gasteiger partial charge is 0.462 e. The second-order valence-electron chi connectivity index (χ2n) is 17.4. The van der Waals surface area contributed by atoms with Crippen molar-refractivity contribution in [3.63, 3.8) is 0 Å². The van der Waals surface area contributed by atoms with Crippen molar-refractivity contribution in [2.45, 2.75) is 258 Å². The average Bonchev–Trinajstić information content (AvgIpc) is 3.28. The minimum atomic E-state index is -0.799. The van der Waals surface area contributed by atoms with Gasteiger partial charge in [0.05, 0.1) is 0 Å². The molecule has 0 aromatic rings. The number of esters is 3. The summed E-state index contributed by atoms with van der Waals surface area (Å²) in [4.78, 5) is 38.0. The molecule has 6 nitrogen and oxygen atoms in total. The highest BCUT2D eigenvalue weighted by Crippen LogP contribution is 2.15. The van der Waals surface area contributed by atoms with E-state index in [0.717, 1.165) is 83.5 Å². The summed E-state index contributed by atoms with van der Waals surface area (Å²) in [6, 6.07) is 0. The van der Waals surface area contributed by atoms with Gasteiger partial charge in [-0.25, -0.2) is 0 Å².